The number of rotatable bonds is 3. The van der Waals surface area contributed by atoms with Crippen molar-refractivity contribution in [3.63, 3.8) is 0 Å². The molecule has 2 atom stereocenters. The Morgan fingerprint density at radius 3 is 2.67 bits per heavy atom. The molecule has 2 saturated heterocycles. The lowest BCUT2D eigenvalue weighted by Gasteiger charge is -2.37. The third-order valence-electron chi connectivity index (χ3n) is 4.46. The molecule has 0 spiro atoms. The highest BCUT2D eigenvalue weighted by Crippen LogP contribution is 2.31. The summed E-state index contributed by atoms with van der Waals surface area (Å²) >= 11 is 0. The second-order valence-electron chi connectivity index (χ2n) is 5.85. The highest BCUT2D eigenvalue weighted by molar-refractivity contribution is 5.18. The standard InChI is InChI=1S/C15H25N3/c1-17-11-7-13(12-17)15(14-6-5-8-16-14)18-9-3-2-4-10-18/h7,11-12,14-16H,2-6,8-10H2,1H3. The van der Waals surface area contributed by atoms with Crippen molar-refractivity contribution in [1.29, 1.82) is 0 Å². The molecule has 3 rings (SSSR count). The smallest absolute Gasteiger partial charge is 0.0516 e. The fraction of sp³-hybridized carbons (Fsp3) is 0.733. The molecule has 3 heterocycles. The maximum atomic E-state index is 3.71. The molecule has 0 saturated carbocycles. The van der Waals surface area contributed by atoms with Crippen LogP contribution in [-0.2, 0) is 7.05 Å². The van der Waals surface area contributed by atoms with Crippen LogP contribution >= 0.6 is 0 Å². The van der Waals surface area contributed by atoms with Gasteiger partial charge in [-0.25, -0.2) is 0 Å². The zero-order chi connectivity index (χ0) is 12.4. The summed E-state index contributed by atoms with van der Waals surface area (Å²) in [6, 6.07) is 3.55. The Morgan fingerprint density at radius 2 is 2.06 bits per heavy atom. The molecule has 0 aromatic carbocycles. The second-order valence-corrected chi connectivity index (χ2v) is 5.85. The van der Waals surface area contributed by atoms with Gasteiger partial charge >= 0.3 is 0 Å². The van der Waals surface area contributed by atoms with E-state index in [1.54, 1.807) is 0 Å². The van der Waals surface area contributed by atoms with Crippen LogP contribution in [0.25, 0.3) is 0 Å². The Labute approximate surface area is 110 Å². The average Bonchev–Trinajstić information content (AvgIpc) is 3.04. The van der Waals surface area contributed by atoms with Gasteiger partial charge in [0.2, 0.25) is 0 Å². The maximum absolute atomic E-state index is 3.71. The van der Waals surface area contributed by atoms with E-state index in [1.807, 2.05) is 0 Å². The first-order valence-corrected chi connectivity index (χ1v) is 7.44. The Morgan fingerprint density at radius 1 is 1.22 bits per heavy atom. The molecule has 0 amide bonds. The SMILES string of the molecule is Cn1ccc(C(C2CCCN2)N2CCCCC2)c1. The van der Waals surface area contributed by atoms with Gasteiger partial charge < -0.3 is 9.88 Å². The molecule has 2 aliphatic heterocycles. The number of likely N-dealkylation sites (tertiary alicyclic amines) is 1. The van der Waals surface area contributed by atoms with Gasteiger partial charge in [-0.15, -0.1) is 0 Å². The van der Waals surface area contributed by atoms with Crippen molar-refractivity contribution in [1.82, 2.24) is 14.8 Å². The lowest BCUT2D eigenvalue weighted by Crippen LogP contribution is -2.43. The minimum absolute atomic E-state index is 0.592. The summed E-state index contributed by atoms with van der Waals surface area (Å²) in [5.41, 5.74) is 1.50. The molecule has 1 aromatic heterocycles. The second kappa shape index (κ2) is 5.45. The van der Waals surface area contributed by atoms with Gasteiger partial charge in [0.1, 0.15) is 0 Å². The van der Waals surface area contributed by atoms with Crippen LogP contribution in [0.1, 0.15) is 43.7 Å². The Balaban J connectivity index is 1.82. The van der Waals surface area contributed by atoms with Crippen LogP contribution in [0.3, 0.4) is 0 Å². The molecule has 1 N–H and O–H groups in total. The van der Waals surface area contributed by atoms with Gasteiger partial charge in [0, 0.05) is 25.5 Å². The van der Waals surface area contributed by atoms with Crippen LogP contribution < -0.4 is 5.32 Å². The molecular formula is C15H25N3. The van der Waals surface area contributed by atoms with Crippen LogP contribution in [0.2, 0.25) is 0 Å². The monoisotopic (exact) mass is 247 g/mol. The van der Waals surface area contributed by atoms with Crippen molar-refractivity contribution in [2.45, 2.75) is 44.2 Å². The third kappa shape index (κ3) is 2.47. The molecular weight excluding hydrogens is 222 g/mol. The lowest BCUT2D eigenvalue weighted by atomic mass is 9.96. The van der Waals surface area contributed by atoms with Crippen molar-refractivity contribution in [3.8, 4) is 0 Å². The van der Waals surface area contributed by atoms with Crippen LogP contribution in [0.4, 0.5) is 0 Å². The normalized spacial score (nSPS) is 27.5. The number of hydrogen-bond acceptors (Lipinski definition) is 2. The number of hydrogen-bond donors (Lipinski definition) is 1. The van der Waals surface area contributed by atoms with E-state index >= 15 is 0 Å². The number of aromatic nitrogens is 1. The van der Waals surface area contributed by atoms with E-state index in [0.29, 0.717) is 12.1 Å². The Hall–Kier alpha value is -0.800. The van der Waals surface area contributed by atoms with Crippen molar-refractivity contribution in [2.24, 2.45) is 7.05 Å². The lowest BCUT2D eigenvalue weighted by molar-refractivity contribution is 0.136. The van der Waals surface area contributed by atoms with Gasteiger partial charge in [-0.2, -0.15) is 0 Å². The zero-order valence-electron chi connectivity index (χ0n) is 11.4. The summed E-state index contributed by atoms with van der Waals surface area (Å²) < 4.78 is 2.18. The maximum Gasteiger partial charge on any atom is 0.0516 e. The first-order chi connectivity index (χ1) is 8.84. The molecule has 0 bridgehead atoms. The van der Waals surface area contributed by atoms with E-state index < -0.39 is 0 Å². The summed E-state index contributed by atoms with van der Waals surface area (Å²) in [7, 11) is 2.12. The highest BCUT2D eigenvalue weighted by Gasteiger charge is 2.31. The highest BCUT2D eigenvalue weighted by atomic mass is 15.2. The van der Waals surface area contributed by atoms with E-state index in [0.717, 1.165) is 0 Å². The van der Waals surface area contributed by atoms with Gasteiger partial charge in [0.25, 0.3) is 0 Å². The number of piperidine rings is 1. The van der Waals surface area contributed by atoms with Gasteiger partial charge in [0.15, 0.2) is 0 Å². The summed E-state index contributed by atoms with van der Waals surface area (Å²) in [4.78, 5) is 2.71. The van der Waals surface area contributed by atoms with Gasteiger partial charge in [-0.05, 0) is 56.9 Å². The zero-order valence-corrected chi connectivity index (χ0v) is 11.4. The van der Waals surface area contributed by atoms with E-state index in [4.69, 9.17) is 0 Å². The molecule has 2 unspecified atom stereocenters. The van der Waals surface area contributed by atoms with Crippen molar-refractivity contribution in [3.05, 3.63) is 24.0 Å². The summed E-state index contributed by atoms with van der Waals surface area (Å²) in [6.07, 6.45) is 11.3. The number of nitrogens with zero attached hydrogens (tertiary/aromatic N) is 2. The molecule has 3 heteroatoms. The summed E-state index contributed by atoms with van der Waals surface area (Å²) in [6.45, 7) is 3.75. The number of aryl methyl sites for hydroxylation is 1. The number of nitrogens with one attached hydrogen (secondary N) is 1. The van der Waals surface area contributed by atoms with E-state index in [9.17, 15) is 0 Å². The molecule has 1 aromatic rings. The predicted octanol–water partition coefficient (Wildman–Crippen LogP) is 2.30. The topological polar surface area (TPSA) is 20.2 Å². The average molecular weight is 247 g/mol. The van der Waals surface area contributed by atoms with Gasteiger partial charge in [-0.3, -0.25) is 4.90 Å². The van der Waals surface area contributed by atoms with Gasteiger partial charge in [0.05, 0.1) is 6.04 Å². The molecule has 2 aliphatic rings. The molecule has 2 fully saturated rings. The predicted molar refractivity (Wildman–Crippen MR) is 74.6 cm³/mol. The molecule has 0 radical (unpaired) electrons. The molecule has 100 valence electrons. The quantitative estimate of drug-likeness (QED) is 0.884. The fourth-order valence-electron chi connectivity index (χ4n) is 3.57. The van der Waals surface area contributed by atoms with Gasteiger partial charge in [-0.1, -0.05) is 6.42 Å². The first-order valence-electron chi connectivity index (χ1n) is 7.44. The van der Waals surface area contributed by atoms with Crippen molar-refractivity contribution in [2.75, 3.05) is 19.6 Å². The Kier molecular flexibility index (Phi) is 3.71. The summed E-state index contributed by atoms with van der Waals surface area (Å²) in [5, 5.41) is 3.71. The van der Waals surface area contributed by atoms with Crippen LogP contribution in [-0.4, -0.2) is 35.1 Å². The third-order valence-corrected chi connectivity index (χ3v) is 4.46. The van der Waals surface area contributed by atoms with Crippen LogP contribution in [0.15, 0.2) is 18.5 Å². The molecule has 3 nitrogen and oxygen atoms in total. The molecule has 18 heavy (non-hydrogen) atoms. The fourth-order valence-corrected chi connectivity index (χ4v) is 3.57. The van der Waals surface area contributed by atoms with E-state index in [1.165, 1.54) is 57.3 Å². The molecule has 0 aliphatic carbocycles. The van der Waals surface area contributed by atoms with Crippen LogP contribution in [0.5, 0.6) is 0 Å². The summed E-state index contributed by atoms with van der Waals surface area (Å²) in [5.74, 6) is 0. The minimum atomic E-state index is 0.592. The Bertz CT molecular complexity index is 373. The minimum Gasteiger partial charge on any atom is -0.357 e. The van der Waals surface area contributed by atoms with Crippen LogP contribution in [0, 0.1) is 0 Å². The van der Waals surface area contributed by atoms with E-state index in [2.05, 4.69) is 40.3 Å². The first kappa shape index (κ1) is 12.2. The largest absolute Gasteiger partial charge is 0.357 e. The van der Waals surface area contributed by atoms with E-state index in [-0.39, 0.29) is 0 Å². The van der Waals surface area contributed by atoms with Crippen molar-refractivity contribution < 1.29 is 0 Å². The van der Waals surface area contributed by atoms with Crippen molar-refractivity contribution >= 4 is 0 Å².